The van der Waals surface area contributed by atoms with Crippen molar-refractivity contribution in [3.63, 3.8) is 0 Å². The summed E-state index contributed by atoms with van der Waals surface area (Å²) in [7, 11) is 0. The van der Waals surface area contributed by atoms with Gasteiger partial charge < -0.3 is 26.2 Å². The summed E-state index contributed by atoms with van der Waals surface area (Å²) >= 11 is 1.53. The number of urea groups is 1. The van der Waals surface area contributed by atoms with Crippen LogP contribution in [0, 0.1) is 40.4 Å². The van der Waals surface area contributed by atoms with E-state index in [1.165, 1.54) is 18.2 Å². The number of carbonyl (C=O) groups excluding carboxylic acids is 5. The number of piperidine rings is 1. The molecule has 1 aliphatic carbocycles. The highest BCUT2D eigenvalue weighted by atomic mass is 32.2. The van der Waals surface area contributed by atoms with Crippen molar-refractivity contribution in [3.8, 4) is 12.3 Å². The highest BCUT2D eigenvalue weighted by Gasteiger charge is 2.70. The van der Waals surface area contributed by atoms with E-state index in [1.807, 2.05) is 20.8 Å². The van der Waals surface area contributed by atoms with Gasteiger partial charge in [0.15, 0.2) is 0 Å². The zero-order valence-corrected chi connectivity index (χ0v) is 29.4. The minimum atomic E-state index is -1.15. The largest absolute Gasteiger partial charge is 0.346 e. The fourth-order valence-electron chi connectivity index (χ4n) is 6.34. The minimum absolute atomic E-state index is 0.0774. The van der Waals surface area contributed by atoms with Crippen molar-refractivity contribution in [2.45, 2.75) is 92.4 Å². The third-order valence-corrected chi connectivity index (χ3v) is 10.3. The monoisotopic (exact) mass is 659 g/mol. The van der Waals surface area contributed by atoms with Crippen molar-refractivity contribution in [1.29, 1.82) is 0 Å². The Hall–Kier alpha value is -3.08. The quantitative estimate of drug-likeness (QED) is 0.0870. The van der Waals surface area contributed by atoms with E-state index in [0.717, 1.165) is 13.1 Å². The van der Waals surface area contributed by atoms with Crippen LogP contribution < -0.4 is 26.0 Å². The molecule has 2 saturated heterocycles. The first-order chi connectivity index (χ1) is 21.3. The Labute approximate surface area is 278 Å². The van der Waals surface area contributed by atoms with Gasteiger partial charge >= 0.3 is 6.03 Å². The number of hydrogen-bond donors (Lipinski definition) is 5. The summed E-state index contributed by atoms with van der Waals surface area (Å²) in [5.41, 5.74) is -1.12. The van der Waals surface area contributed by atoms with Crippen LogP contribution in [0.4, 0.5) is 4.79 Å². The van der Waals surface area contributed by atoms with E-state index in [9.17, 15) is 24.0 Å². The molecule has 5 N–H and O–H groups in total. The SMILES string of the molecule is C#CCCC(NC(=O)[C@@H]1[C@@H]2[C@H](CN1C(=O)[C@@H](NC(=O)N[C@H](CN1CCNS1)C(C)(C)C)C(C)(C)C)C2(C)C)C(=O)C(=O)NCC=C. The first kappa shape index (κ1) is 37.4. The second-order valence-corrected chi connectivity index (χ2v) is 16.3. The van der Waals surface area contributed by atoms with Gasteiger partial charge in [0.2, 0.25) is 17.6 Å². The van der Waals surface area contributed by atoms with Crippen LogP contribution >= 0.6 is 12.1 Å². The molecule has 13 heteroatoms. The molecule has 3 rings (SSSR count). The van der Waals surface area contributed by atoms with E-state index >= 15 is 0 Å². The lowest BCUT2D eigenvalue weighted by atomic mass is 9.85. The van der Waals surface area contributed by atoms with E-state index in [4.69, 9.17) is 6.42 Å². The molecule has 5 amide bonds. The number of carbonyl (C=O) groups is 5. The van der Waals surface area contributed by atoms with Gasteiger partial charge in [-0.1, -0.05) is 61.5 Å². The molecule has 0 aromatic rings. The van der Waals surface area contributed by atoms with Crippen LogP contribution in [0.3, 0.4) is 0 Å². The lowest BCUT2D eigenvalue weighted by Gasteiger charge is -2.39. The van der Waals surface area contributed by atoms with Gasteiger partial charge in [0, 0.05) is 57.3 Å². The first-order valence-electron chi connectivity index (χ1n) is 16.0. The molecule has 3 aliphatic rings. The predicted molar refractivity (Wildman–Crippen MR) is 180 cm³/mol. The maximum atomic E-state index is 14.3. The van der Waals surface area contributed by atoms with E-state index < -0.39 is 47.2 Å². The average molecular weight is 660 g/mol. The van der Waals surface area contributed by atoms with Gasteiger partial charge in [-0.25, -0.2) is 13.8 Å². The first-order valence-corrected chi connectivity index (χ1v) is 16.8. The van der Waals surface area contributed by atoms with E-state index in [-0.39, 0.29) is 54.0 Å². The Bertz CT molecular complexity index is 1230. The Morgan fingerprint density at radius 3 is 2.30 bits per heavy atom. The van der Waals surface area contributed by atoms with E-state index in [2.05, 4.69) is 77.4 Å². The molecular weight excluding hydrogens is 606 g/mol. The standard InChI is InChI=1S/C33H53N7O5S/c1-11-13-14-21(25(41)28(43)34-15-12-2)36-27(42)24-23-20(33(23,9)10)18-40(24)29(44)26(32(6,7)8)38-30(45)37-22(31(3,4)5)19-39-17-16-35-46-39/h1,12,20-24,26,35H,2,13-19H2,3-10H3,(H,34,43)(H,36,42)(H2,37,38,45)/t20-,21?,22+,23-,24-,26+/m0/s1. The Morgan fingerprint density at radius 2 is 1.76 bits per heavy atom. The zero-order chi connectivity index (χ0) is 34.6. The number of hydrogen-bond acceptors (Lipinski definition) is 8. The number of ketones is 1. The van der Waals surface area contributed by atoms with Crippen molar-refractivity contribution in [1.82, 2.24) is 35.2 Å². The van der Waals surface area contributed by atoms with Gasteiger partial charge in [-0.3, -0.25) is 19.2 Å². The minimum Gasteiger partial charge on any atom is -0.346 e. The molecule has 2 aliphatic heterocycles. The molecule has 3 fully saturated rings. The van der Waals surface area contributed by atoms with Crippen molar-refractivity contribution in [3.05, 3.63) is 12.7 Å². The third kappa shape index (κ3) is 8.83. The number of Topliss-reactive ketones (excluding diaryl/α,β-unsaturated/α-hetero) is 1. The smallest absolute Gasteiger partial charge is 0.315 e. The number of nitrogens with one attached hydrogen (secondary N) is 5. The number of nitrogens with zero attached hydrogens (tertiary/aromatic N) is 2. The molecule has 0 aromatic heterocycles. The molecule has 0 aromatic carbocycles. The maximum Gasteiger partial charge on any atom is 0.315 e. The number of fused-ring (bicyclic) bond motifs is 1. The molecule has 1 unspecified atom stereocenters. The van der Waals surface area contributed by atoms with Crippen LogP contribution in [0.25, 0.3) is 0 Å². The van der Waals surface area contributed by atoms with Gasteiger partial charge in [-0.2, -0.15) is 0 Å². The summed E-state index contributed by atoms with van der Waals surface area (Å²) in [6.45, 7) is 22.2. The van der Waals surface area contributed by atoms with Crippen molar-refractivity contribution in [2.24, 2.45) is 28.1 Å². The fourth-order valence-corrected chi connectivity index (χ4v) is 7.11. The van der Waals surface area contributed by atoms with Crippen molar-refractivity contribution < 1.29 is 24.0 Å². The number of rotatable bonds is 13. The van der Waals surface area contributed by atoms with Crippen molar-refractivity contribution in [2.75, 3.05) is 32.7 Å². The Balaban J connectivity index is 1.81. The molecule has 0 bridgehead atoms. The average Bonchev–Trinajstić information content (AvgIpc) is 3.39. The van der Waals surface area contributed by atoms with Gasteiger partial charge in [-0.05, 0) is 34.5 Å². The number of terminal acetylenes is 1. The second kappa shape index (κ2) is 14.8. The fraction of sp³-hybridized carbons (Fsp3) is 0.727. The zero-order valence-electron chi connectivity index (χ0n) is 28.6. The molecule has 1 saturated carbocycles. The lowest BCUT2D eigenvalue weighted by Crippen LogP contribution is -2.62. The summed E-state index contributed by atoms with van der Waals surface area (Å²) < 4.78 is 5.39. The summed E-state index contributed by atoms with van der Waals surface area (Å²) in [6.07, 6.45) is 7.13. The molecular formula is C33H53N7O5S. The normalized spacial score (nSPS) is 24.1. The Kier molecular flexibility index (Phi) is 12.0. The van der Waals surface area contributed by atoms with Crippen LogP contribution in [-0.4, -0.2) is 95.6 Å². The maximum absolute atomic E-state index is 14.3. The predicted octanol–water partition coefficient (Wildman–Crippen LogP) is 1.84. The van der Waals surface area contributed by atoms with E-state index in [0.29, 0.717) is 13.1 Å². The molecule has 0 spiro atoms. The molecule has 12 nitrogen and oxygen atoms in total. The van der Waals surface area contributed by atoms with Crippen LogP contribution in [-0.2, 0) is 19.2 Å². The topological polar surface area (TPSA) is 152 Å². The molecule has 6 atom stereocenters. The lowest BCUT2D eigenvalue weighted by molar-refractivity contribution is -0.145. The van der Waals surface area contributed by atoms with Gasteiger partial charge in [0.25, 0.3) is 5.91 Å². The highest BCUT2D eigenvalue weighted by Crippen LogP contribution is 2.65. The summed E-state index contributed by atoms with van der Waals surface area (Å²) in [6, 6.07) is -3.61. The molecule has 0 radical (unpaired) electrons. The van der Waals surface area contributed by atoms with Gasteiger partial charge in [0.05, 0.1) is 6.04 Å². The summed E-state index contributed by atoms with van der Waals surface area (Å²) in [5.74, 6) is -0.139. The van der Waals surface area contributed by atoms with Gasteiger partial charge in [0.1, 0.15) is 12.1 Å². The Morgan fingerprint density at radius 1 is 1.09 bits per heavy atom. The molecule has 46 heavy (non-hydrogen) atoms. The van der Waals surface area contributed by atoms with Crippen LogP contribution in [0.2, 0.25) is 0 Å². The third-order valence-electron chi connectivity index (χ3n) is 9.38. The summed E-state index contributed by atoms with van der Waals surface area (Å²) in [4.78, 5) is 68.8. The highest BCUT2D eigenvalue weighted by molar-refractivity contribution is 7.95. The van der Waals surface area contributed by atoms with Crippen LogP contribution in [0.1, 0.15) is 68.2 Å². The molecule has 256 valence electrons. The molecule has 2 heterocycles. The number of amides is 5. The van der Waals surface area contributed by atoms with Gasteiger partial charge in [-0.15, -0.1) is 18.9 Å². The van der Waals surface area contributed by atoms with E-state index in [1.54, 1.807) is 4.90 Å². The number of likely N-dealkylation sites (tertiary alicyclic amines) is 1. The van der Waals surface area contributed by atoms with Crippen LogP contribution in [0.5, 0.6) is 0 Å². The second-order valence-electron chi connectivity index (χ2n) is 15.3. The summed E-state index contributed by atoms with van der Waals surface area (Å²) in [5, 5.41) is 11.2. The van der Waals surface area contributed by atoms with Crippen molar-refractivity contribution >= 4 is 41.7 Å². The van der Waals surface area contributed by atoms with Crippen LogP contribution in [0.15, 0.2) is 12.7 Å².